The van der Waals surface area contributed by atoms with Gasteiger partial charge in [0, 0.05) is 136 Å². The second-order valence-electron chi connectivity index (χ2n) is 34.1. The quantitative estimate of drug-likeness (QED) is 0.0458. The minimum Gasteiger partial charge on any atom is -0.446 e. The van der Waals surface area contributed by atoms with Gasteiger partial charge in [-0.1, -0.05) is 57.8 Å². The number of nitrogens with one attached hydrogen (secondary N) is 6. The molecule has 6 aromatic rings. The van der Waals surface area contributed by atoms with Gasteiger partial charge >= 0.3 is 0 Å². The Kier molecular flexibility index (Phi) is 34.1. The van der Waals surface area contributed by atoms with Gasteiger partial charge in [0.25, 0.3) is 0 Å². The normalized spacial score (nSPS) is 26.5. The van der Waals surface area contributed by atoms with E-state index in [1.54, 1.807) is 40.1 Å². The Balaban J connectivity index is 0.000000126. The Morgan fingerprint density at radius 3 is 0.918 bits per heavy atom. The van der Waals surface area contributed by atoms with E-state index in [-0.39, 0.29) is 83.2 Å². The van der Waals surface area contributed by atoms with Gasteiger partial charge in [-0.25, -0.2) is 38.3 Å². The van der Waals surface area contributed by atoms with Gasteiger partial charge in [-0.05, 0) is 143 Å². The molecule has 16 heterocycles. The number of nitrogens with zero attached hydrogens (tertiary/aromatic N) is 12. The first kappa shape index (κ1) is 91.7. The van der Waals surface area contributed by atoms with Crippen LogP contribution in [0.1, 0.15) is 240 Å². The van der Waals surface area contributed by atoms with E-state index < -0.39 is 28.0 Å². The Morgan fingerprint density at radius 1 is 0.328 bits per heavy atom. The summed E-state index contributed by atoms with van der Waals surface area (Å²) in [6.45, 7) is 10.2. The fourth-order valence-corrected chi connectivity index (χ4v) is 22.1. The molecule has 2 aliphatic carbocycles. The van der Waals surface area contributed by atoms with Crippen molar-refractivity contribution in [1.82, 2.24) is 91.2 Å². The lowest BCUT2D eigenvalue weighted by Crippen LogP contribution is -2.46. The van der Waals surface area contributed by atoms with Crippen molar-refractivity contribution < 1.29 is 73.2 Å². The van der Waals surface area contributed by atoms with E-state index in [1.165, 1.54) is 147 Å². The van der Waals surface area contributed by atoms with E-state index in [9.17, 15) is 37.2 Å². The Hall–Kier alpha value is -7.94. The van der Waals surface area contributed by atoms with E-state index in [0.717, 1.165) is 144 Å². The van der Waals surface area contributed by atoms with Crippen molar-refractivity contribution in [3.8, 4) is 0 Å². The summed E-state index contributed by atoms with van der Waals surface area (Å²) in [5, 5.41) is 18.9. The van der Waals surface area contributed by atoms with Crippen LogP contribution < -0.4 is 31.9 Å². The molecule has 672 valence electrons. The highest BCUT2D eigenvalue weighted by atomic mass is 32.2. The van der Waals surface area contributed by atoms with Crippen LogP contribution >= 0.6 is 11.8 Å². The topological polar surface area (TPSA) is 403 Å². The largest absolute Gasteiger partial charge is 0.446 e. The van der Waals surface area contributed by atoms with Crippen molar-refractivity contribution in [2.24, 2.45) is 17.8 Å². The van der Waals surface area contributed by atoms with Crippen molar-refractivity contribution in [2.75, 3.05) is 151 Å². The summed E-state index contributed by atoms with van der Waals surface area (Å²) < 4.78 is 67.1. The Bertz CT molecular complexity index is 4230. The van der Waals surface area contributed by atoms with Gasteiger partial charge in [0.05, 0.1) is 57.9 Å². The molecule has 4 saturated heterocycles. The molecule has 6 fully saturated rings. The lowest BCUT2D eigenvalue weighted by atomic mass is 9.89. The lowest BCUT2D eigenvalue weighted by molar-refractivity contribution is -0.139. The molecule has 10 atom stereocenters. The second kappa shape index (κ2) is 45.3. The van der Waals surface area contributed by atoms with Crippen molar-refractivity contribution in [3.63, 3.8) is 0 Å². The van der Waals surface area contributed by atoms with E-state index in [0.29, 0.717) is 104 Å². The number of amides is 6. The van der Waals surface area contributed by atoms with Crippen LogP contribution in [0.15, 0.2) is 64.9 Å². The average Bonchev–Trinajstić information content (AvgIpc) is 1.70. The molecule has 6 N–H and O–H groups in total. The Morgan fingerprint density at radius 2 is 0.607 bits per heavy atom. The first-order chi connectivity index (χ1) is 59.5. The smallest absolute Gasteiger partial charge is 0.247 e. The van der Waals surface area contributed by atoms with Gasteiger partial charge < -0.3 is 97.3 Å². The molecule has 18 rings (SSSR count). The predicted molar refractivity (Wildman–Crippen MR) is 453 cm³/mol. The zero-order valence-electron chi connectivity index (χ0n) is 72.2. The molecule has 0 bridgehead atoms. The number of rotatable bonds is 18. The van der Waals surface area contributed by atoms with Crippen LogP contribution in [0.5, 0.6) is 0 Å². The maximum absolute atomic E-state index is 12.8. The number of hydrogen-bond acceptors (Lipinski definition) is 29. The predicted octanol–water partition coefficient (Wildman–Crippen LogP) is 7.33. The van der Waals surface area contributed by atoms with Crippen LogP contribution in [0.3, 0.4) is 0 Å². The summed E-state index contributed by atoms with van der Waals surface area (Å²) in [5.41, 5.74) is 5.31. The molecule has 10 unspecified atom stereocenters. The highest BCUT2D eigenvalue weighted by Gasteiger charge is 2.42. The number of likely N-dealkylation sites (N-methyl/N-ethyl adjacent to an activating group) is 6. The van der Waals surface area contributed by atoms with Crippen LogP contribution in [0.4, 0.5) is 0 Å². The minimum absolute atomic E-state index is 0.0255. The van der Waals surface area contributed by atoms with Crippen LogP contribution in [-0.4, -0.2) is 272 Å². The molecule has 2 saturated carbocycles. The molecule has 36 heteroatoms. The summed E-state index contributed by atoms with van der Waals surface area (Å²) in [6, 6.07) is -2.54. The molecular weight excluding hydrogens is 1610 g/mol. The first-order valence-corrected chi connectivity index (χ1v) is 47.7. The minimum atomic E-state index is -2.96. The van der Waals surface area contributed by atoms with E-state index in [1.807, 2.05) is 43.3 Å². The molecule has 10 aliphatic heterocycles. The van der Waals surface area contributed by atoms with E-state index in [2.05, 4.69) is 61.8 Å². The van der Waals surface area contributed by atoms with E-state index >= 15 is 0 Å². The van der Waals surface area contributed by atoms with Crippen molar-refractivity contribution in [3.05, 3.63) is 107 Å². The third-order valence-corrected chi connectivity index (χ3v) is 29.2. The van der Waals surface area contributed by atoms with Crippen LogP contribution in [-0.2, 0) is 86.6 Å². The van der Waals surface area contributed by atoms with Gasteiger partial charge in [-0.2, -0.15) is 11.8 Å². The molecule has 34 nitrogen and oxygen atoms in total. The lowest BCUT2D eigenvalue weighted by Gasteiger charge is -2.33. The van der Waals surface area contributed by atoms with Gasteiger partial charge in [0.15, 0.2) is 82.8 Å². The zero-order chi connectivity index (χ0) is 85.5. The maximum atomic E-state index is 12.8. The fraction of sp³-hybridized carbons (Fsp3) is 0.721. The number of oxazole rings is 6. The molecule has 0 aromatic carbocycles. The van der Waals surface area contributed by atoms with Crippen molar-refractivity contribution >= 4 is 57.0 Å². The summed E-state index contributed by atoms with van der Waals surface area (Å²) in [5.74, 6) is 7.43. The van der Waals surface area contributed by atoms with Gasteiger partial charge in [0.1, 0.15) is 36.3 Å². The summed E-state index contributed by atoms with van der Waals surface area (Å²) in [6.07, 6.45) is 38.8. The molecular formula is C86H130N18O16S2. The molecule has 0 spiro atoms. The molecule has 12 aliphatic rings. The summed E-state index contributed by atoms with van der Waals surface area (Å²) >= 11 is 2.03. The number of carbonyl (C=O) groups excluding carboxylic acids is 6. The maximum Gasteiger partial charge on any atom is 0.247 e. The number of hydrogen-bond donors (Lipinski definition) is 6. The monoisotopic (exact) mass is 1730 g/mol. The third-order valence-electron chi connectivity index (χ3n) is 26.0. The number of aromatic nitrogens is 6. The highest BCUT2D eigenvalue weighted by molar-refractivity contribution is 7.99. The van der Waals surface area contributed by atoms with Crippen molar-refractivity contribution in [1.29, 1.82) is 0 Å². The van der Waals surface area contributed by atoms with E-state index in [4.69, 9.17) is 36.0 Å². The SMILES string of the molecule is CNC1C(=O)N(CC2CCCCC2)CCc2ncoc21.CNC1C(=O)N(CC2CCCCCC2)CCc2ncoc21.CNC1C(=O)N(CC2CCCCCS2)CCc2ncoc21.CNC1C(=O)N(CC2CCCCO2)CCc2ncoc21.CNC1C(=O)N(CC2CCCS(=O)(=O)C2)CCc2ncoc21.CNC1C(=O)N(CC2CCO2)CCc2ncoc21. The average molecular weight is 1740 g/mol. The van der Waals surface area contributed by atoms with Crippen LogP contribution in [0, 0.1) is 17.8 Å². The number of fused-ring (bicyclic) bond motifs is 6. The van der Waals surface area contributed by atoms with Crippen LogP contribution in [0.2, 0.25) is 0 Å². The van der Waals surface area contributed by atoms with Gasteiger partial charge in [-0.15, -0.1) is 0 Å². The standard InChI is InChI=1S/C16H25N3O2.C15H23N3O2S.C15H23N3O2.C14H21N3O4S.C14H21N3O3.C12H17N3O3/c1-17-14-15-13(18-11-21-15)8-9-19(16(14)20)10-12-6-4-2-3-5-7-12;1-16-13-14-12(17-10-20-14)6-7-18(15(13)19)9-11-5-3-2-4-8-21-11;1-16-13-14-12(17-10-20-14)7-8-18(15(13)19)9-11-5-3-2-4-6-11;1-15-12-13-11(16-9-21-13)4-5-17(14(12)18)7-10-3-2-6-22(19,20)8-10;1-15-12-13-11(16-9-20-13)5-6-17(14(12)18)8-10-4-2-3-7-19-10;1-13-10-11-9(14-7-18-11)2-4-15(12(10)16)6-8-3-5-17-8/h11-12,14,17H,2-10H2,1H3;10-11,13,16H,2-9H2,1H3;10-11,13,16H,2-9H2,1H3;9-10,12,15H,2-8H2,1H3;9-10,12,15H,2-8H2,1H3;7-8,10,13H,2-6H2,1H3. The molecule has 0 radical (unpaired) electrons. The first-order valence-electron chi connectivity index (χ1n) is 44.8. The number of sulfone groups is 1. The summed E-state index contributed by atoms with van der Waals surface area (Å²) in [4.78, 5) is 113. The molecule has 6 aromatic heterocycles. The number of thioether (sulfide) groups is 1. The van der Waals surface area contributed by atoms with Gasteiger partial charge in [0.2, 0.25) is 35.4 Å². The van der Waals surface area contributed by atoms with Crippen molar-refractivity contribution in [2.45, 2.75) is 227 Å². The zero-order valence-corrected chi connectivity index (χ0v) is 73.9. The Labute approximate surface area is 720 Å². The second-order valence-corrected chi connectivity index (χ2v) is 37.7. The number of ether oxygens (including phenoxy) is 2. The summed E-state index contributed by atoms with van der Waals surface area (Å²) in [7, 11) is 7.71. The molecule has 122 heavy (non-hydrogen) atoms. The van der Waals surface area contributed by atoms with Gasteiger partial charge in [-0.3, -0.25) is 28.8 Å². The third kappa shape index (κ3) is 23.6. The fourth-order valence-electron chi connectivity index (χ4n) is 19.1. The highest BCUT2D eigenvalue weighted by Crippen LogP contribution is 2.35. The molecule has 6 amide bonds. The van der Waals surface area contributed by atoms with Crippen LogP contribution in [0.25, 0.3) is 0 Å². The number of carbonyl (C=O) groups is 6.